The van der Waals surface area contributed by atoms with Crippen LogP contribution in [0.25, 0.3) is 16.9 Å². The van der Waals surface area contributed by atoms with E-state index in [1.165, 1.54) is 29.4 Å². The van der Waals surface area contributed by atoms with Gasteiger partial charge < -0.3 is 10.1 Å². The van der Waals surface area contributed by atoms with Gasteiger partial charge in [-0.2, -0.15) is 0 Å². The Morgan fingerprint density at radius 1 is 1.03 bits per heavy atom. The predicted molar refractivity (Wildman–Crippen MR) is 134 cm³/mol. The van der Waals surface area contributed by atoms with Gasteiger partial charge in [-0.3, -0.25) is 14.2 Å². The first-order valence-corrected chi connectivity index (χ1v) is 11.9. The van der Waals surface area contributed by atoms with Crippen LogP contribution in [-0.4, -0.2) is 24.1 Å². The number of unbranched alkanes of at least 4 members (excludes halogenated alkanes) is 1. The number of amides is 1. The summed E-state index contributed by atoms with van der Waals surface area (Å²) in [7, 11) is 1.53. The number of carbonyl (C=O) groups is 1. The maximum Gasteiger partial charge on any atom is 0.312 e. The Morgan fingerprint density at radius 2 is 1.79 bits per heavy atom. The van der Waals surface area contributed by atoms with E-state index in [1.807, 2.05) is 24.3 Å². The number of nitrogens with one attached hydrogen (secondary N) is 1. The number of methoxy groups -OCH3 is 1. The molecule has 7 heteroatoms. The summed E-state index contributed by atoms with van der Waals surface area (Å²) in [6, 6.07) is 21.5. The zero-order valence-electron chi connectivity index (χ0n) is 18.8. The van der Waals surface area contributed by atoms with Gasteiger partial charge in [0.25, 0.3) is 5.91 Å². The van der Waals surface area contributed by atoms with Gasteiger partial charge in [0.2, 0.25) is 0 Å². The highest BCUT2D eigenvalue weighted by molar-refractivity contribution is 7.07. The quantitative estimate of drug-likeness (QED) is 0.326. The van der Waals surface area contributed by atoms with Crippen LogP contribution in [0.4, 0.5) is 4.39 Å². The second-order valence-corrected chi connectivity index (χ2v) is 8.64. The molecule has 4 aromatic rings. The normalized spacial score (nSPS) is 10.8. The van der Waals surface area contributed by atoms with Crippen molar-refractivity contribution in [3.8, 4) is 22.7 Å². The van der Waals surface area contributed by atoms with Crippen molar-refractivity contribution in [2.45, 2.75) is 19.3 Å². The van der Waals surface area contributed by atoms with Crippen molar-refractivity contribution in [2.24, 2.45) is 0 Å². The average molecular weight is 477 g/mol. The molecule has 0 aliphatic heterocycles. The molecular formula is C27H25FN2O3S. The Bertz CT molecular complexity index is 1330. The van der Waals surface area contributed by atoms with Crippen LogP contribution in [0.2, 0.25) is 0 Å². The van der Waals surface area contributed by atoms with E-state index in [0.29, 0.717) is 29.2 Å². The van der Waals surface area contributed by atoms with Crippen molar-refractivity contribution >= 4 is 17.2 Å². The van der Waals surface area contributed by atoms with Gasteiger partial charge >= 0.3 is 4.87 Å². The largest absolute Gasteiger partial charge is 0.495 e. The number of nitrogens with zero attached hydrogens (tertiary/aromatic N) is 1. The molecule has 4 rings (SSSR count). The van der Waals surface area contributed by atoms with Crippen molar-refractivity contribution < 1.29 is 13.9 Å². The van der Waals surface area contributed by atoms with Crippen molar-refractivity contribution in [1.82, 2.24) is 9.88 Å². The molecule has 174 valence electrons. The fraction of sp³-hybridized carbons (Fsp3) is 0.185. The van der Waals surface area contributed by atoms with Gasteiger partial charge in [0.15, 0.2) is 0 Å². The van der Waals surface area contributed by atoms with Crippen molar-refractivity contribution in [2.75, 3.05) is 13.7 Å². The first-order valence-electron chi connectivity index (χ1n) is 11.0. The number of benzene rings is 3. The van der Waals surface area contributed by atoms with Crippen LogP contribution in [-0.2, 0) is 6.42 Å². The average Bonchev–Trinajstić information content (AvgIpc) is 3.25. The van der Waals surface area contributed by atoms with E-state index in [1.54, 1.807) is 29.6 Å². The Balaban J connectivity index is 1.50. The fourth-order valence-electron chi connectivity index (χ4n) is 3.82. The molecule has 3 aromatic carbocycles. The van der Waals surface area contributed by atoms with Crippen LogP contribution in [0, 0.1) is 5.82 Å². The number of ether oxygens (including phenoxy) is 1. The molecule has 1 heterocycles. The third-order valence-electron chi connectivity index (χ3n) is 5.50. The number of aryl methyl sites for hydroxylation is 1. The van der Waals surface area contributed by atoms with Crippen LogP contribution in [0.1, 0.15) is 28.8 Å². The molecule has 0 saturated carbocycles. The maximum absolute atomic E-state index is 14.5. The minimum absolute atomic E-state index is 0.211. The summed E-state index contributed by atoms with van der Waals surface area (Å²) in [4.78, 5) is 25.1. The zero-order valence-corrected chi connectivity index (χ0v) is 19.6. The highest BCUT2D eigenvalue weighted by Crippen LogP contribution is 2.29. The first-order chi connectivity index (χ1) is 16.6. The number of thiazole rings is 1. The number of halogens is 1. The maximum atomic E-state index is 14.5. The first kappa shape index (κ1) is 23.4. The Morgan fingerprint density at radius 3 is 2.59 bits per heavy atom. The Kier molecular flexibility index (Phi) is 7.54. The molecule has 0 bridgehead atoms. The standard InChI is InChI=1S/C27H25FN2O3S/c1-33-25-13-6-5-12-23(25)30-24(18-34-27(30)32)20-15-21(17-22(28)16-20)26(31)29-14-8-7-11-19-9-3-2-4-10-19/h2-6,9-10,12-13,15-18H,7-8,11,14H2,1H3,(H,29,31). The highest BCUT2D eigenvalue weighted by Gasteiger charge is 2.17. The minimum atomic E-state index is -0.544. The molecule has 0 fully saturated rings. The summed E-state index contributed by atoms with van der Waals surface area (Å²) in [6.07, 6.45) is 2.71. The lowest BCUT2D eigenvalue weighted by molar-refractivity contribution is 0.0952. The molecule has 1 aromatic heterocycles. The summed E-state index contributed by atoms with van der Waals surface area (Å²) < 4.78 is 21.4. The van der Waals surface area contributed by atoms with E-state index in [4.69, 9.17) is 4.74 Å². The molecule has 0 unspecified atom stereocenters. The smallest absolute Gasteiger partial charge is 0.312 e. The number of para-hydroxylation sites is 2. The van der Waals surface area contributed by atoms with Crippen LogP contribution < -0.4 is 14.9 Å². The van der Waals surface area contributed by atoms with Gasteiger partial charge in [-0.1, -0.05) is 53.8 Å². The van der Waals surface area contributed by atoms with Gasteiger partial charge in [0.1, 0.15) is 11.6 Å². The molecule has 0 atom stereocenters. The summed E-state index contributed by atoms with van der Waals surface area (Å²) in [5, 5.41) is 4.53. The van der Waals surface area contributed by atoms with Crippen LogP contribution in [0.5, 0.6) is 5.75 Å². The molecule has 0 saturated heterocycles. The highest BCUT2D eigenvalue weighted by atomic mass is 32.1. The lowest BCUT2D eigenvalue weighted by atomic mass is 10.1. The van der Waals surface area contributed by atoms with Crippen molar-refractivity contribution in [3.05, 3.63) is 105 Å². The molecule has 5 nitrogen and oxygen atoms in total. The molecule has 1 amide bonds. The third-order valence-corrected chi connectivity index (χ3v) is 6.22. The summed E-state index contributed by atoms with van der Waals surface area (Å²) in [5.41, 5.74) is 2.97. The van der Waals surface area contributed by atoms with E-state index in [2.05, 4.69) is 17.4 Å². The molecule has 0 aliphatic carbocycles. The summed E-state index contributed by atoms with van der Waals surface area (Å²) in [5.74, 6) is -0.368. The van der Waals surface area contributed by atoms with E-state index in [9.17, 15) is 14.0 Å². The molecule has 1 N–H and O–H groups in total. The van der Waals surface area contributed by atoms with Gasteiger partial charge in [-0.05, 0) is 55.2 Å². The van der Waals surface area contributed by atoms with E-state index in [0.717, 1.165) is 30.6 Å². The van der Waals surface area contributed by atoms with Gasteiger partial charge in [0.05, 0.1) is 18.5 Å². The predicted octanol–water partition coefficient (Wildman–Crippen LogP) is 5.47. The monoisotopic (exact) mass is 476 g/mol. The molecule has 0 spiro atoms. The van der Waals surface area contributed by atoms with Gasteiger partial charge in [-0.25, -0.2) is 4.39 Å². The molecule has 34 heavy (non-hydrogen) atoms. The van der Waals surface area contributed by atoms with E-state index >= 15 is 0 Å². The van der Waals surface area contributed by atoms with Crippen LogP contribution in [0.15, 0.2) is 83.0 Å². The van der Waals surface area contributed by atoms with Crippen LogP contribution >= 0.6 is 11.3 Å². The Hall–Kier alpha value is -3.71. The topological polar surface area (TPSA) is 60.3 Å². The Labute approximate surface area is 201 Å². The summed E-state index contributed by atoms with van der Waals surface area (Å²) in [6.45, 7) is 0.502. The lowest BCUT2D eigenvalue weighted by Crippen LogP contribution is -2.24. The van der Waals surface area contributed by atoms with Gasteiger partial charge in [-0.15, -0.1) is 0 Å². The van der Waals surface area contributed by atoms with Crippen molar-refractivity contribution in [3.63, 3.8) is 0 Å². The SMILES string of the molecule is COc1ccccc1-n1c(-c2cc(F)cc(C(=O)NCCCCc3ccccc3)c2)csc1=O. The van der Waals surface area contributed by atoms with E-state index < -0.39 is 5.82 Å². The van der Waals surface area contributed by atoms with Crippen LogP contribution in [0.3, 0.4) is 0 Å². The lowest BCUT2D eigenvalue weighted by Gasteiger charge is -2.13. The number of rotatable bonds is 9. The number of hydrogen-bond donors (Lipinski definition) is 1. The molecule has 0 aliphatic rings. The summed E-state index contributed by atoms with van der Waals surface area (Å²) >= 11 is 1.01. The third kappa shape index (κ3) is 5.43. The zero-order chi connectivity index (χ0) is 23.9. The van der Waals surface area contributed by atoms with E-state index in [-0.39, 0.29) is 16.3 Å². The van der Waals surface area contributed by atoms with Gasteiger partial charge in [0, 0.05) is 23.1 Å². The minimum Gasteiger partial charge on any atom is -0.495 e. The van der Waals surface area contributed by atoms with Crippen molar-refractivity contribution in [1.29, 1.82) is 0 Å². The fourth-order valence-corrected chi connectivity index (χ4v) is 4.58. The second-order valence-electron chi connectivity index (χ2n) is 7.82. The number of hydrogen-bond acceptors (Lipinski definition) is 4. The molecular weight excluding hydrogens is 451 g/mol. The molecule has 0 radical (unpaired) electrons. The number of aromatic nitrogens is 1. The number of carbonyl (C=O) groups excluding carboxylic acids is 1. The second kappa shape index (κ2) is 10.9.